The molecule has 49 heavy (non-hydrogen) atoms. The summed E-state index contributed by atoms with van der Waals surface area (Å²) in [6, 6.07) is 56.8. The van der Waals surface area contributed by atoms with E-state index in [1.54, 1.807) is 0 Å². The lowest BCUT2D eigenvalue weighted by Gasteiger charge is -2.15. The normalized spacial score (nSPS) is 11.5. The Bertz CT molecular complexity index is 2650. The van der Waals surface area contributed by atoms with Crippen LogP contribution in [0.15, 0.2) is 164 Å². The predicted molar refractivity (Wildman–Crippen MR) is 205 cm³/mol. The van der Waals surface area contributed by atoms with Crippen LogP contribution in [0.3, 0.4) is 0 Å². The monoisotopic (exact) mass is 627 g/mol. The van der Waals surface area contributed by atoms with Crippen LogP contribution in [-0.4, -0.2) is 14.4 Å². The summed E-state index contributed by atoms with van der Waals surface area (Å²) in [5.41, 5.74) is 14.4. The van der Waals surface area contributed by atoms with Crippen molar-refractivity contribution in [3.8, 4) is 55.9 Å². The van der Waals surface area contributed by atoms with E-state index in [0.717, 1.165) is 45.1 Å². The van der Waals surface area contributed by atoms with E-state index >= 15 is 0 Å². The van der Waals surface area contributed by atoms with Crippen molar-refractivity contribution in [3.63, 3.8) is 0 Å². The topological polar surface area (TPSA) is 30.2 Å². The van der Waals surface area contributed by atoms with Crippen molar-refractivity contribution >= 4 is 27.2 Å². The van der Waals surface area contributed by atoms with Gasteiger partial charge in [-0.2, -0.15) is 0 Å². The van der Waals surface area contributed by atoms with E-state index in [1.807, 2.05) is 6.07 Å². The van der Waals surface area contributed by atoms with Gasteiger partial charge < -0.3 is 0 Å². The summed E-state index contributed by atoms with van der Waals surface area (Å²) in [7, 11) is 0. The third kappa shape index (κ3) is 5.17. The van der Waals surface area contributed by atoms with E-state index in [0.29, 0.717) is 0 Å². The third-order valence-electron chi connectivity index (χ3n) is 9.50. The number of benzene rings is 6. The Labute approximate surface area is 285 Å². The fourth-order valence-electron chi connectivity index (χ4n) is 7.30. The second-order valence-electron chi connectivity index (χ2n) is 12.8. The second-order valence-corrected chi connectivity index (χ2v) is 12.8. The summed E-state index contributed by atoms with van der Waals surface area (Å²) in [4.78, 5) is 9.77. The molecule has 0 spiro atoms. The average Bonchev–Trinajstić information content (AvgIpc) is 3.54. The molecule has 0 amide bonds. The minimum atomic E-state index is 0.934. The molecule has 6 aromatic carbocycles. The molecule has 9 aromatic rings. The zero-order chi connectivity index (χ0) is 32.9. The third-order valence-corrected chi connectivity index (χ3v) is 9.50. The minimum Gasteiger partial charge on any atom is -0.299 e. The lowest BCUT2D eigenvalue weighted by atomic mass is 9.89. The molecule has 0 bridgehead atoms. The predicted octanol–water partition coefficient (Wildman–Crippen LogP) is 12.0. The van der Waals surface area contributed by atoms with Gasteiger partial charge in [-0.1, -0.05) is 109 Å². The molecule has 0 fully saturated rings. The molecule has 0 saturated carbocycles. The Morgan fingerprint density at radius 3 is 1.78 bits per heavy atom. The quantitative estimate of drug-likeness (QED) is 0.178. The van der Waals surface area contributed by atoms with Gasteiger partial charge in [-0.15, -0.1) is 0 Å². The summed E-state index contributed by atoms with van der Waals surface area (Å²) >= 11 is 0. The summed E-state index contributed by atoms with van der Waals surface area (Å²) in [6.07, 6.45) is 2.09. The molecule has 0 aliphatic heterocycles. The van der Waals surface area contributed by atoms with Gasteiger partial charge in [0.1, 0.15) is 5.65 Å². The number of rotatable bonds is 5. The summed E-state index contributed by atoms with van der Waals surface area (Å²) in [5, 5.41) is 5.03. The average molecular weight is 628 g/mol. The number of nitrogens with zero attached hydrogens (tertiary/aromatic N) is 3. The first-order valence-corrected chi connectivity index (χ1v) is 16.7. The fraction of sp³-hybridized carbons (Fsp3) is 0.0435. The molecule has 3 heterocycles. The van der Waals surface area contributed by atoms with E-state index in [9.17, 15) is 0 Å². The van der Waals surface area contributed by atoms with E-state index < -0.39 is 0 Å². The van der Waals surface area contributed by atoms with Gasteiger partial charge in [0.2, 0.25) is 0 Å². The number of pyridine rings is 2. The number of aromatic nitrogens is 3. The van der Waals surface area contributed by atoms with Gasteiger partial charge in [-0.25, -0.2) is 4.98 Å². The first-order chi connectivity index (χ1) is 24.1. The van der Waals surface area contributed by atoms with Gasteiger partial charge in [0.25, 0.3) is 0 Å². The van der Waals surface area contributed by atoms with E-state index in [1.165, 1.54) is 49.4 Å². The smallest absolute Gasteiger partial charge is 0.137 e. The van der Waals surface area contributed by atoms with Crippen LogP contribution in [-0.2, 0) is 0 Å². The molecular weight excluding hydrogens is 595 g/mol. The van der Waals surface area contributed by atoms with Crippen LogP contribution < -0.4 is 0 Å². The second kappa shape index (κ2) is 11.7. The maximum absolute atomic E-state index is 5.10. The van der Waals surface area contributed by atoms with Crippen molar-refractivity contribution in [2.24, 2.45) is 0 Å². The lowest BCUT2D eigenvalue weighted by Crippen LogP contribution is -1.91. The number of fused-ring (bicyclic) bond motifs is 4. The zero-order valence-corrected chi connectivity index (χ0v) is 27.4. The van der Waals surface area contributed by atoms with Crippen LogP contribution in [0, 0.1) is 13.8 Å². The van der Waals surface area contributed by atoms with Gasteiger partial charge in [0, 0.05) is 28.7 Å². The fourth-order valence-corrected chi connectivity index (χ4v) is 7.30. The Balaban J connectivity index is 1.22. The number of hydrogen-bond acceptors (Lipinski definition) is 2. The highest BCUT2D eigenvalue weighted by Crippen LogP contribution is 2.40. The van der Waals surface area contributed by atoms with Crippen molar-refractivity contribution in [1.82, 2.24) is 14.4 Å². The lowest BCUT2D eigenvalue weighted by molar-refractivity contribution is 1.12. The first kappa shape index (κ1) is 28.9. The summed E-state index contributed by atoms with van der Waals surface area (Å²) < 4.78 is 2.18. The Morgan fingerprint density at radius 2 is 1.00 bits per heavy atom. The van der Waals surface area contributed by atoms with Crippen LogP contribution in [0.4, 0.5) is 0 Å². The van der Waals surface area contributed by atoms with Crippen molar-refractivity contribution in [1.29, 1.82) is 0 Å². The van der Waals surface area contributed by atoms with Crippen LogP contribution in [0.2, 0.25) is 0 Å². The molecular formula is C46H33N3. The Hall–Kier alpha value is -6.32. The van der Waals surface area contributed by atoms with Crippen molar-refractivity contribution < 1.29 is 0 Å². The standard InChI is InChI=1S/C46H33N3/c1-30-24-36(25-31(2)47-30)38-26-37(27-39(28-38)43-29-35-14-6-7-15-40(35)41-16-8-9-17-42(41)43)32-19-21-33(22-20-32)45-46(34-12-4-3-5-13-34)49-23-11-10-18-44(49)48-45/h3-29H,1-2H3. The Morgan fingerprint density at radius 1 is 0.408 bits per heavy atom. The first-order valence-electron chi connectivity index (χ1n) is 16.7. The number of aryl methyl sites for hydroxylation is 2. The molecule has 3 heteroatoms. The number of imidazole rings is 1. The van der Waals surface area contributed by atoms with Gasteiger partial charge in [0.05, 0.1) is 11.4 Å². The maximum atomic E-state index is 5.10. The zero-order valence-electron chi connectivity index (χ0n) is 27.4. The van der Waals surface area contributed by atoms with Crippen LogP contribution >= 0.6 is 0 Å². The molecule has 232 valence electrons. The van der Waals surface area contributed by atoms with E-state index in [4.69, 9.17) is 4.98 Å². The van der Waals surface area contributed by atoms with E-state index in [-0.39, 0.29) is 0 Å². The highest BCUT2D eigenvalue weighted by Gasteiger charge is 2.17. The molecule has 0 N–H and O–H groups in total. The van der Waals surface area contributed by atoms with Crippen molar-refractivity contribution in [2.45, 2.75) is 13.8 Å². The highest BCUT2D eigenvalue weighted by molar-refractivity contribution is 6.14. The summed E-state index contributed by atoms with van der Waals surface area (Å²) in [5.74, 6) is 0. The SMILES string of the molecule is Cc1cc(-c2cc(-c3ccc(-c4nc5ccccn5c4-c4ccccc4)cc3)cc(-c3cc4ccccc4c4ccccc34)c2)cc(C)n1. The van der Waals surface area contributed by atoms with Crippen LogP contribution in [0.1, 0.15) is 11.4 Å². The molecule has 3 nitrogen and oxygen atoms in total. The van der Waals surface area contributed by atoms with E-state index in [2.05, 4.69) is 181 Å². The van der Waals surface area contributed by atoms with Crippen LogP contribution in [0.5, 0.6) is 0 Å². The highest BCUT2D eigenvalue weighted by atomic mass is 15.0. The molecule has 0 unspecified atom stereocenters. The van der Waals surface area contributed by atoms with Gasteiger partial charge in [0.15, 0.2) is 0 Å². The van der Waals surface area contributed by atoms with Crippen LogP contribution in [0.25, 0.3) is 83.1 Å². The molecule has 9 rings (SSSR count). The molecule has 0 atom stereocenters. The molecule has 0 aliphatic carbocycles. The molecule has 0 aliphatic rings. The largest absolute Gasteiger partial charge is 0.299 e. The molecule has 3 aromatic heterocycles. The van der Waals surface area contributed by atoms with Gasteiger partial charge in [-0.3, -0.25) is 9.38 Å². The van der Waals surface area contributed by atoms with Gasteiger partial charge >= 0.3 is 0 Å². The molecule has 0 saturated heterocycles. The molecule has 0 radical (unpaired) electrons. The Kier molecular flexibility index (Phi) is 6.91. The van der Waals surface area contributed by atoms with Crippen molar-refractivity contribution in [3.05, 3.63) is 175 Å². The minimum absolute atomic E-state index is 0.934. The van der Waals surface area contributed by atoms with Gasteiger partial charge in [-0.05, 0) is 117 Å². The van der Waals surface area contributed by atoms with Crippen molar-refractivity contribution in [2.75, 3.05) is 0 Å². The maximum Gasteiger partial charge on any atom is 0.137 e. The summed E-state index contributed by atoms with van der Waals surface area (Å²) in [6.45, 7) is 4.14. The number of hydrogen-bond donors (Lipinski definition) is 0.